The summed E-state index contributed by atoms with van der Waals surface area (Å²) < 4.78 is 0. The standard InChI is InChI=1S/C9H15N5O/c1-9(4-2-3-5-9)6-10-8(15)7-11-13-14-12-7/h2-6H2,1H3,(H,10,15)(H,11,12,13,14). The fourth-order valence-corrected chi connectivity index (χ4v) is 2.04. The lowest BCUT2D eigenvalue weighted by Crippen LogP contribution is -2.34. The number of hydrogen-bond acceptors (Lipinski definition) is 4. The van der Waals surface area contributed by atoms with Crippen molar-refractivity contribution < 1.29 is 4.79 Å². The summed E-state index contributed by atoms with van der Waals surface area (Å²) in [6.07, 6.45) is 4.88. The van der Waals surface area contributed by atoms with Crippen LogP contribution in [-0.2, 0) is 0 Å². The van der Waals surface area contributed by atoms with Crippen molar-refractivity contribution in [1.29, 1.82) is 0 Å². The van der Waals surface area contributed by atoms with Gasteiger partial charge in [-0.15, -0.1) is 10.2 Å². The molecule has 0 aromatic carbocycles. The molecule has 0 saturated heterocycles. The molecule has 6 heteroatoms. The first-order valence-electron chi connectivity index (χ1n) is 5.21. The Kier molecular flexibility index (Phi) is 2.66. The van der Waals surface area contributed by atoms with E-state index < -0.39 is 0 Å². The van der Waals surface area contributed by atoms with Crippen LogP contribution in [0.25, 0.3) is 0 Å². The van der Waals surface area contributed by atoms with E-state index in [0.29, 0.717) is 6.54 Å². The third-order valence-electron chi connectivity index (χ3n) is 3.03. The van der Waals surface area contributed by atoms with Crippen LogP contribution in [0.1, 0.15) is 43.2 Å². The summed E-state index contributed by atoms with van der Waals surface area (Å²) >= 11 is 0. The fourth-order valence-electron chi connectivity index (χ4n) is 2.04. The Balaban J connectivity index is 1.85. The van der Waals surface area contributed by atoms with Gasteiger partial charge in [0, 0.05) is 6.54 Å². The quantitative estimate of drug-likeness (QED) is 0.759. The molecule has 0 atom stereocenters. The lowest BCUT2D eigenvalue weighted by Gasteiger charge is -2.23. The number of nitrogens with one attached hydrogen (secondary N) is 2. The van der Waals surface area contributed by atoms with Gasteiger partial charge in [-0.25, -0.2) is 0 Å². The van der Waals surface area contributed by atoms with E-state index in [2.05, 4.69) is 32.9 Å². The van der Waals surface area contributed by atoms with E-state index in [-0.39, 0.29) is 17.1 Å². The molecule has 0 aliphatic heterocycles. The van der Waals surface area contributed by atoms with Crippen LogP contribution in [0.5, 0.6) is 0 Å². The van der Waals surface area contributed by atoms with Gasteiger partial charge in [-0.1, -0.05) is 19.8 Å². The number of nitrogens with zero attached hydrogens (tertiary/aromatic N) is 3. The number of aromatic nitrogens is 4. The van der Waals surface area contributed by atoms with Gasteiger partial charge in [-0.2, -0.15) is 5.21 Å². The second-order valence-electron chi connectivity index (χ2n) is 4.44. The summed E-state index contributed by atoms with van der Waals surface area (Å²) in [6.45, 7) is 2.90. The SMILES string of the molecule is CC1(CNC(=O)c2nn[nH]n2)CCCC1. The maximum Gasteiger partial charge on any atom is 0.292 e. The third kappa shape index (κ3) is 2.31. The molecular weight excluding hydrogens is 194 g/mol. The molecule has 15 heavy (non-hydrogen) atoms. The Morgan fingerprint density at radius 2 is 2.27 bits per heavy atom. The number of carbonyl (C=O) groups excluding carboxylic acids is 1. The molecule has 1 heterocycles. The largest absolute Gasteiger partial charge is 0.349 e. The van der Waals surface area contributed by atoms with Crippen molar-refractivity contribution in [2.45, 2.75) is 32.6 Å². The first kappa shape index (κ1) is 10.1. The van der Waals surface area contributed by atoms with Crippen LogP contribution >= 0.6 is 0 Å². The summed E-state index contributed by atoms with van der Waals surface area (Å²) in [5, 5.41) is 15.7. The molecule has 2 N–H and O–H groups in total. The van der Waals surface area contributed by atoms with Crippen LogP contribution in [0.3, 0.4) is 0 Å². The molecule has 0 bridgehead atoms. The van der Waals surface area contributed by atoms with Crippen LogP contribution in [-0.4, -0.2) is 33.1 Å². The monoisotopic (exact) mass is 209 g/mol. The minimum Gasteiger partial charge on any atom is -0.349 e. The summed E-state index contributed by atoms with van der Waals surface area (Å²) in [7, 11) is 0. The van der Waals surface area contributed by atoms with Crippen molar-refractivity contribution in [2.24, 2.45) is 5.41 Å². The summed E-state index contributed by atoms with van der Waals surface area (Å²) in [4.78, 5) is 11.5. The van der Waals surface area contributed by atoms with Gasteiger partial charge in [0.15, 0.2) is 0 Å². The molecule has 1 aromatic rings. The van der Waals surface area contributed by atoms with Crippen molar-refractivity contribution in [3.63, 3.8) is 0 Å². The van der Waals surface area contributed by atoms with Crippen molar-refractivity contribution in [3.8, 4) is 0 Å². The van der Waals surface area contributed by atoms with Gasteiger partial charge in [-0.3, -0.25) is 4.79 Å². The number of amides is 1. The van der Waals surface area contributed by atoms with Crippen LogP contribution in [0.2, 0.25) is 0 Å². The van der Waals surface area contributed by atoms with Crippen molar-refractivity contribution in [3.05, 3.63) is 5.82 Å². The highest BCUT2D eigenvalue weighted by Gasteiger charge is 2.29. The number of carbonyl (C=O) groups is 1. The molecular formula is C9H15N5O. The topological polar surface area (TPSA) is 83.6 Å². The van der Waals surface area contributed by atoms with Crippen molar-refractivity contribution >= 4 is 5.91 Å². The predicted octanol–water partition coefficient (Wildman–Crippen LogP) is 0.510. The minimum absolute atomic E-state index is 0.108. The lowest BCUT2D eigenvalue weighted by atomic mass is 9.89. The molecule has 1 aromatic heterocycles. The number of H-pyrrole nitrogens is 1. The third-order valence-corrected chi connectivity index (χ3v) is 3.03. The maximum atomic E-state index is 11.5. The van der Waals surface area contributed by atoms with Gasteiger partial charge in [0.05, 0.1) is 0 Å². The van der Waals surface area contributed by atoms with Crippen LogP contribution < -0.4 is 5.32 Å². The second kappa shape index (κ2) is 3.96. The minimum atomic E-state index is -0.253. The lowest BCUT2D eigenvalue weighted by molar-refractivity contribution is 0.0924. The Bertz CT molecular complexity index is 328. The average molecular weight is 209 g/mol. The number of rotatable bonds is 3. The van der Waals surface area contributed by atoms with Gasteiger partial charge in [-0.05, 0) is 23.5 Å². The van der Waals surface area contributed by atoms with Gasteiger partial charge in [0.2, 0.25) is 0 Å². The zero-order valence-corrected chi connectivity index (χ0v) is 8.79. The molecule has 1 fully saturated rings. The van der Waals surface area contributed by atoms with E-state index in [1.807, 2.05) is 0 Å². The highest BCUT2D eigenvalue weighted by molar-refractivity contribution is 5.90. The molecule has 0 unspecified atom stereocenters. The average Bonchev–Trinajstić information content (AvgIpc) is 2.85. The van der Waals surface area contributed by atoms with E-state index in [4.69, 9.17) is 0 Å². The summed E-state index contributed by atoms with van der Waals surface area (Å²) in [5.41, 5.74) is 0.249. The van der Waals surface area contributed by atoms with Crippen molar-refractivity contribution in [1.82, 2.24) is 25.9 Å². The molecule has 1 amide bonds. The maximum absolute atomic E-state index is 11.5. The van der Waals surface area contributed by atoms with E-state index in [1.54, 1.807) is 0 Å². The first-order chi connectivity index (χ1) is 7.20. The van der Waals surface area contributed by atoms with Crippen LogP contribution in [0.4, 0.5) is 0 Å². The number of hydrogen-bond donors (Lipinski definition) is 2. The van der Waals surface area contributed by atoms with Gasteiger partial charge in [0.25, 0.3) is 11.7 Å². The molecule has 0 radical (unpaired) electrons. The van der Waals surface area contributed by atoms with Crippen molar-refractivity contribution in [2.75, 3.05) is 6.54 Å². The van der Waals surface area contributed by atoms with Crippen LogP contribution in [0.15, 0.2) is 0 Å². The van der Waals surface area contributed by atoms with Gasteiger partial charge in [0.1, 0.15) is 0 Å². The normalized spacial score (nSPS) is 19.0. The molecule has 1 saturated carbocycles. The fraction of sp³-hybridized carbons (Fsp3) is 0.778. The molecule has 0 spiro atoms. The summed E-state index contributed by atoms with van der Waals surface area (Å²) in [6, 6.07) is 0. The Labute approximate surface area is 87.8 Å². The smallest absolute Gasteiger partial charge is 0.292 e. The molecule has 1 aliphatic rings. The molecule has 6 nitrogen and oxygen atoms in total. The number of tetrazole rings is 1. The second-order valence-corrected chi connectivity index (χ2v) is 4.44. The molecule has 2 rings (SSSR count). The van der Waals surface area contributed by atoms with E-state index >= 15 is 0 Å². The molecule has 1 aliphatic carbocycles. The summed E-state index contributed by atoms with van der Waals surface area (Å²) in [5.74, 6) is -0.145. The van der Waals surface area contributed by atoms with Crippen LogP contribution in [0, 0.1) is 5.41 Å². The van der Waals surface area contributed by atoms with Gasteiger partial charge >= 0.3 is 0 Å². The zero-order chi connectivity index (χ0) is 10.7. The Morgan fingerprint density at radius 1 is 1.53 bits per heavy atom. The Hall–Kier alpha value is -1.46. The van der Waals surface area contributed by atoms with E-state index in [0.717, 1.165) is 0 Å². The first-order valence-corrected chi connectivity index (χ1v) is 5.21. The number of aromatic amines is 1. The zero-order valence-electron chi connectivity index (χ0n) is 8.79. The molecule has 82 valence electrons. The highest BCUT2D eigenvalue weighted by atomic mass is 16.2. The van der Waals surface area contributed by atoms with E-state index in [1.165, 1.54) is 25.7 Å². The highest BCUT2D eigenvalue weighted by Crippen LogP contribution is 2.36. The van der Waals surface area contributed by atoms with Gasteiger partial charge < -0.3 is 5.32 Å². The van der Waals surface area contributed by atoms with E-state index in [9.17, 15) is 4.79 Å². The Morgan fingerprint density at radius 3 is 2.87 bits per heavy atom. The predicted molar refractivity (Wildman–Crippen MR) is 53.1 cm³/mol.